The number of benzene rings is 2. The lowest BCUT2D eigenvalue weighted by Crippen LogP contribution is -2.23. The lowest BCUT2D eigenvalue weighted by Gasteiger charge is -2.07. The Morgan fingerprint density at radius 1 is 1.32 bits per heavy atom. The van der Waals surface area contributed by atoms with Crippen molar-refractivity contribution in [3.8, 4) is 11.5 Å². The first-order chi connectivity index (χ1) is 10.6. The van der Waals surface area contributed by atoms with Crippen LogP contribution in [0.1, 0.15) is 5.56 Å². The quantitative estimate of drug-likeness (QED) is 0.454. The van der Waals surface area contributed by atoms with Crippen LogP contribution in [0.15, 0.2) is 47.6 Å². The third-order valence-corrected chi connectivity index (χ3v) is 3.13. The van der Waals surface area contributed by atoms with Crippen LogP contribution in [0.4, 0.5) is 5.69 Å². The molecule has 22 heavy (non-hydrogen) atoms. The maximum absolute atomic E-state index is 9.91. The number of halogens is 1. The van der Waals surface area contributed by atoms with Gasteiger partial charge in [0.15, 0.2) is 16.6 Å². The van der Waals surface area contributed by atoms with Gasteiger partial charge in [0.05, 0.1) is 13.3 Å². The number of nitrogens with one attached hydrogen (secondary N) is 2. The smallest absolute Gasteiger partial charge is 0.191 e. The first-order valence-electron chi connectivity index (χ1n) is 6.31. The summed E-state index contributed by atoms with van der Waals surface area (Å²) in [6.07, 6.45) is 1.45. The highest BCUT2D eigenvalue weighted by molar-refractivity contribution is 7.80. The third kappa shape index (κ3) is 4.34. The summed E-state index contributed by atoms with van der Waals surface area (Å²) in [5, 5.41) is 17.7. The zero-order valence-electron chi connectivity index (χ0n) is 11.7. The van der Waals surface area contributed by atoms with Crippen molar-refractivity contribution < 1.29 is 9.84 Å². The summed E-state index contributed by atoms with van der Waals surface area (Å²) < 4.78 is 5.02. The Morgan fingerprint density at radius 2 is 2.09 bits per heavy atom. The molecule has 0 saturated heterocycles. The van der Waals surface area contributed by atoms with Crippen molar-refractivity contribution in [2.45, 2.75) is 0 Å². The van der Waals surface area contributed by atoms with E-state index in [9.17, 15) is 5.11 Å². The van der Waals surface area contributed by atoms with Crippen LogP contribution in [0.2, 0.25) is 5.02 Å². The number of nitrogens with zero attached hydrogens (tertiary/aromatic N) is 1. The molecule has 0 spiro atoms. The molecular formula is C15H14ClN3O2S. The number of para-hydroxylation sites is 1. The van der Waals surface area contributed by atoms with Crippen molar-refractivity contribution in [1.29, 1.82) is 0 Å². The molecule has 5 nitrogen and oxygen atoms in total. The molecule has 0 aliphatic rings. The number of rotatable bonds is 4. The summed E-state index contributed by atoms with van der Waals surface area (Å²) >= 11 is 11.0. The van der Waals surface area contributed by atoms with Gasteiger partial charge in [-0.05, 0) is 42.5 Å². The molecule has 0 saturated carbocycles. The Kier molecular flexibility index (Phi) is 5.57. The largest absolute Gasteiger partial charge is 0.504 e. The molecule has 0 atom stereocenters. The van der Waals surface area contributed by atoms with Crippen molar-refractivity contribution in [3.63, 3.8) is 0 Å². The molecular weight excluding hydrogens is 322 g/mol. The summed E-state index contributed by atoms with van der Waals surface area (Å²) in [5.74, 6) is 0.396. The molecule has 114 valence electrons. The second-order valence-corrected chi connectivity index (χ2v) is 5.08. The van der Waals surface area contributed by atoms with Gasteiger partial charge in [0, 0.05) is 16.3 Å². The van der Waals surface area contributed by atoms with Gasteiger partial charge in [0.25, 0.3) is 0 Å². The molecule has 0 bridgehead atoms. The number of phenolic OH excluding ortho intramolecular Hbond substituents is 1. The Balaban J connectivity index is 1.96. The zero-order chi connectivity index (χ0) is 15.9. The Bertz CT molecular complexity index is 707. The average molecular weight is 336 g/mol. The number of hydrazone groups is 1. The van der Waals surface area contributed by atoms with Gasteiger partial charge in [-0.2, -0.15) is 5.10 Å². The van der Waals surface area contributed by atoms with Crippen LogP contribution >= 0.6 is 23.8 Å². The first kappa shape index (κ1) is 16.1. The summed E-state index contributed by atoms with van der Waals surface area (Å²) in [5.41, 5.74) is 3.92. The van der Waals surface area contributed by atoms with E-state index in [1.54, 1.807) is 30.3 Å². The second kappa shape index (κ2) is 7.63. The number of anilines is 1. The van der Waals surface area contributed by atoms with Crippen molar-refractivity contribution >= 4 is 40.8 Å². The Hall–Kier alpha value is -2.31. The highest BCUT2D eigenvalue weighted by Gasteiger charge is 2.04. The summed E-state index contributed by atoms with van der Waals surface area (Å²) in [7, 11) is 1.48. The van der Waals surface area contributed by atoms with E-state index < -0.39 is 0 Å². The number of thiocarbonyl (C=S) groups is 1. The monoisotopic (exact) mass is 335 g/mol. The van der Waals surface area contributed by atoms with E-state index in [0.717, 1.165) is 5.69 Å². The average Bonchev–Trinajstić information content (AvgIpc) is 2.49. The SMILES string of the molecule is COc1cccc(/C=N\NC(=S)Nc2cccc(Cl)c2)c1O. The molecule has 0 unspecified atom stereocenters. The van der Waals surface area contributed by atoms with Crippen LogP contribution in [-0.4, -0.2) is 23.5 Å². The number of aromatic hydroxyl groups is 1. The molecule has 7 heteroatoms. The Labute approximate surface area is 138 Å². The van der Waals surface area contributed by atoms with E-state index in [2.05, 4.69) is 15.8 Å². The zero-order valence-corrected chi connectivity index (χ0v) is 13.3. The predicted octanol–water partition coefficient (Wildman–Crippen LogP) is 3.37. The van der Waals surface area contributed by atoms with Crippen LogP contribution in [0.3, 0.4) is 0 Å². The van der Waals surface area contributed by atoms with Crippen molar-refractivity contribution in [2.24, 2.45) is 5.10 Å². The third-order valence-electron chi connectivity index (χ3n) is 2.70. The number of hydrogen-bond donors (Lipinski definition) is 3. The minimum atomic E-state index is 0.0178. The topological polar surface area (TPSA) is 65.9 Å². The van der Waals surface area contributed by atoms with Gasteiger partial charge < -0.3 is 15.2 Å². The van der Waals surface area contributed by atoms with Gasteiger partial charge in [-0.3, -0.25) is 5.43 Å². The van der Waals surface area contributed by atoms with E-state index in [1.807, 2.05) is 12.1 Å². The van der Waals surface area contributed by atoms with Crippen molar-refractivity contribution in [1.82, 2.24) is 5.43 Å². The molecule has 0 aliphatic carbocycles. The van der Waals surface area contributed by atoms with Gasteiger partial charge in [0.1, 0.15) is 0 Å². The summed E-state index contributed by atoms with van der Waals surface area (Å²) in [4.78, 5) is 0. The minimum absolute atomic E-state index is 0.0178. The molecule has 2 aromatic rings. The number of phenols is 1. The molecule has 0 amide bonds. The molecule has 0 aromatic heterocycles. The van der Waals surface area contributed by atoms with Gasteiger partial charge in [0.2, 0.25) is 0 Å². The van der Waals surface area contributed by atoms with Crippen LogP contribution in [0, 0.1) is 0 Å². The fourth-order valence-corrected chi connectivity index (χ4v) is 2.05. The second-order valence-electron chi connectivity index (χ2n) is 4.23. The molecule has 0 fully saturated rings. The molecule has 2 rings (SSSR count). The van der Waals surface area contributed by atoms with E-state index in [-0.39, 0.29) is 5.75 Å². The normalized spacial score (nSPS) is 10.5. The maximum Gasteiger partial charge on any atom is 0.191 e. The van der Waals surface area contributed by atoms with Crippen molar-refractivity contribution in [2.75, 3.05) is 12.4 Å². The van der Waals surface area contributed by atoms with Gasteiger partial charge in [-0.15, -0.1) is 0 Å². The van der Waals surface area contributed by atoms with E-state index >= 15 is 0 Å². The van der Waals surface area contributed by atoms with Crippen molar-refractivity contribution in [3.05, 3.63) is 53.1 Å². The standard InChI is InChI=1S/C15H14ClN3O2S/c1-21-13-7-2-4-10(14(13)20)9-17-19-15(22)18-12-6-3-5-11(16)8-12/h2-9,20H,1H3,(H2,18,19,22)/b17-9-. The summed E-state index contributed by atoms with van der Waals surface area (Å²) in [6, 6.07) is 12.3. The molecule has 2 aromatic carbocycles. The fourth-order valence-electron chi connectivity index (χ4n) is 1.69. The van der Waals surface area contributed by atoms with E-state index in [0.29, 0.717) is 21.4 Å². The van der Waals surface area contributed by atoms with Crippen LogP contribution in [-0.2, 0) is 0 Å². The summed E-state index contributed by atoms with van der Waals surface area (Å²) in [6.45, 7) is 0. The Morgan fingerprint density at radius 3 is 2.82 bits per heavy atom. The molecule has 0 aliphatic heterocycles. The van der Waals surface area contributed by atoms with E-state index in [1.165, 1.54) is 13.3 Å². The molecule has 0 radical (unpaired) electrons. The highest BCUT2D eigenvalue weighted by atomic mass is 35.5. The van der Waals surface area contributed by atoms with Crippen LogP contribution in [0.25, 0.3) is 0 Å². The highest BCUT2D eigenvalue weighted by Crippen LogP contribution is 2.27. The predicted molar refractivity (Wildman–Crippen MR) is 93.1 cm³/mol. The van der Waals surface area contributed by atoms with Crippen LogP contribution < -0.4 is 15.5 Å². The number of hydrogen-bond acceptors (Lipinski definition) is 4. The fraction of sp³-hybridized carbons (Fsp3) is 0.0667. The minimum Gasteiger partial charge on any atom is -0.504 e. The number of ether oxygens (including phenoxy) is 1. The molecule has 0 heterocycles. The first-order valence-corrected chi connectivity index (χ1v) is 7.10. The van der Waals surface area contributed by atoms with Gasteiger partial charge in [-0.1, -0.05) is 23.7 Å². The number of methoxy groups -OCH3 is 1. The lowest BCUT2D eigenvalue weighted by atomic mass is 10.2. The molecule has 3 N–H and O–H groups in total. The lowest BCUT2D eigenvalue weighted by molar-refractivity contribution is 0.373. The van der Waals surface area contributed by atoms with Crippen LogP contribution in [0.5, 0.6) is 11.5 Å². The van der Waals surface area contributed by atoms with E-state index in [4.69, 9.17) is 28.6 Å². The van der Waals surface area contributed by atoms with Gasteiger partial charge in [-0.25, -0.2) is 0 Å². The van der Waals surface area contributed by atoms with Gasteiger partial charge >= 0.3 is 0 Å². The maximum atomic E-state index is 9.91.